The monoisotopic (exact) mass is 250 g/mol. The average Bonchev–Trinajstić information content (AvgIpc) is 2.37. The van der Waals surface area contributed by atoms with E-state index >= 15 is 0 Å². The van der Waals surface area contributed by atoms with Crippen molar-refractivity contribution in [2.24, 2.45) is 4.99 Å². The highest BCUT2D eigenvalue weighted by atomic mass is 16.5. The molecule has 1 fully saturated rings. The van der Waals surface area contributed by atoms with E-state index in [2.05, 4.69) is 27.0 Å². The Balaban J connectivity index is 2.19. The number of nitrogens with one attached hydrogen (secondary N) is 3. The van der Waals surface area contributed by atoms with E-state index in [0.29, 0.717) is 0 Å². The number of hydrogen-bond donors (Lipinski definition) is 3. The lowest BCUT2D eigenvalue weighted by Crippen LogP contribution is -2.49. The Morgan fingerprint density at radius 1 is 1.50 bits per heavy atom. The highest BCUT2D eigenvalue weighted by molar-refractivity contribution is 5.57. The van der Waals surface area contributed by atoms with Gasteiger partial charge in [0.25, 0.3) is 0 Å². The zero-order valence-electron chi connectivity index (χ0n) is 11.1. The molecule has 3 N–H and O–H groups in total. The summed E-state index contributed by atoms with van der Waals surface area (Å²) < 4.78 is 5.93. The van der Waals surface area contributed by atoms with Crippen LogP contribution < -0.4 is 16.0 Å². The first kappa shape index (κ1) is 13.1. The van der Waals surface area contributed by atoms with E-state index in [1.165, 1.54) is 5.57 Å². The summed E-state index contributed by atoms with van der Waals surface area (Å²) in [6.07, 6.45) is 5.25. The molecule has 2 heterocycles. The smallest absolute Gasteiger partial charge is 0.213 e. The van der Waals surface area contributed by atoms with Gasteiger partial charge in [-0.2, -0.15) is 0 Å². The fraction of sp³-hybridized carbons (Fsp3) is 0.615. The van der Waals surface area contributed by atoms with Gasteiger partial charge in [-0.15, -0.1) is 0 Å². The first-order chi connectivity index (χ1) is 8.85. The first-order valence-electron chi connectivity index (χ1n) is 6.53. The van der Waals surface area contributed by atoms with Gasteiger partial charge in [0, 0.05) is 32.9 Å². The number of allylic oxidation sites excluding steroid dienone is 1. The molecule has 0 unspecified atom stereocenters. The molecule has 0 radical (unpaired) electrons. The summed E-state index contributed by atoms with van der Waals surface area (Å²) in [4.78, 5) is 4.48. The number of ether oxygens (including phenoxy) is 1. The Bertz CT molecular complexity index is 369. The first-order valence-corrected chi connectivity index (χ1v) is 6.53. The Kier molecular flexibility index (Phi) is 4.78. The lowest BCUT2D eigenvalue weighted by Gasteiger charge is -2.29. The van der Waals surface area contributed by atoms with Gasteiger partial charge in [-0.05, 0) is 25.5 Å². The van der Waals surface area contributed by atoms with Crippen LogP contribution in [-0.4, -0.2) is 45.5 Å². The average molecular weight is 250 g/mol. The summed E-state index contributed by atoms with van der Waals surface area (Å²) in [6.45, 7) is 5.65. The SMILES string of the molecule is CC=N/C(C1=CCNCC1)=C(\NC)OC1CNC1. The second-order valence-electron chi connectivity index (χ2n) is 4.40. The van der Waals surface area contributed by atoms with Crippen molar-refractivity contribution < 1.29 is 4.74 Å². The number of hydrogen-bond acceptors (Lipinski definition) is 5. The van der Waals surface area contributed by atoms with Gasteiger partial charge in [-0.1, -0.05) is 6.08 Å². The summed E-state index contributed by atoms with van der Waals surface area (Å²) in [6, 6.07) is 0. The van der Waals surface area contributed by atoms with E-state index in [4.69, 9.17) is 4.74 Å². The van der Waals surface area contributed by atoms with Gasteiger partial charge >= 0.3 is 0 Å². The lowest BCUT2D eigenvalue weighted by molar-refractivity contribution is 0.0600. The zero-order valence-corrected chi connectivity index (χ0v) is 11.1. The third kappa shape index (κ3) is 3.11. The van der Waals surface area contributed by atoms with Crippen LogP contribution in [0.3, 0.4) is 0 Å². The van der Waals surface area contributed by atoms with Crippen molar-refractivity contribution in [1.82, 2.24) is 16.0 Å². The van der Waals surface area contributed by atoms with E-state index in [-0.39, 0.29) is 6.10 Å². The van der Waals surface area contributed by atoms with Crippen molar-refractivity contribution in [2.75, 3.05) is 33.2 Å². The summed E-state index contributed by atoms with van der Waals surface area (Å²) in [5.41, 5.74) is 2.19. The Labute approximate surface area is 108 Å². The second-order valence-corrected chi connectivity index (χ2v) is 4.40. The molecule has 0 aromatic heterocycles. The van der Waals surface area contributed by atoms with Crippen molar-refractivity contribution >= 4 is 6.21 Å². The van der Waals surface area contributed by atoms with Gasteiger partial charge in [-0.25, -0.2) is 0 Å². The Hall–Kier alpha value is -1.33. The molecule has 0 amide bonds. The predicted octanol–water partition coefficient (Wildman–Crippen LogP) is 0.374. The minimum atomic E-state index is 0.261. The number of rotatable bonds is 5. The van der Waals surface area contributed by atoms with E-state index in [0.717, 1.165) is 44.2 Å². The van der Waals surface area contributed by atoms with Gasteiger partial charge in [-0.3, -0.25) is 4.99 Å². The summed E-state index contributed by atoms with van der Waals surface area (Å²) in [7, 11) is 1.88. The van der Waals surface area contributed by atoms with Gasteiger partial charge in [0.05, 0.1) is 0 Å². The summed E-state index contributed by atoms with van der Waals surface area (Å²) >= 11 is 0. The fourth-order valence-electron chi connectivity index (χ4n) is 2.00. The molecule has 0 saturated carbocycles. The van der Waals surface area contributed by atoms with Crippen molar-refractivity contribution in [1.29, 1.82) is 0 Å². The lowest BCUT2D eigenvalue weighted by atomic mass is 10.1. The van der Waals surface area contributed by atoms with Gasteiger partial charge in [0.15, 0.2) is 0 Å². The van der Waals surface area contributed by atoms with Crippen molar-refractivity contribution in [3.63, 3.8) is 0 Å². The molecule has 100 valence electrons. The van der Waals surface area contributed by atoms with E-state index in [1.807, 2.05) is 20.2 Å². The fourth-order valence-corrected chi connectivity index (χ4v) is 2.00. The van der Waals surface area contributed by atoms with Crippen LogP contribution in [0.4, 0.5) is 0 Å². The quantitative estimate of drug-likeness (QED) is 0.487. The highest BCUT2D eigenvalue weighted by Crippen LogP contribution is 2.21. The van der Waals surface area contributed by atoms with Crippen LogP contribution in [0.2, 0.25) is 0 Å². The maximum atomic E-state index is 5.93. The molecule has 0 spiro atoms. The largest absolute Gasteiger partial charge is 0.472 e. The van der Waals surface area contributed by atoms with E-state index < -0.39 is 0 Å². The molecule has 0 atom stereocenters. The molecule has 0 bridgehead atoms. The van der Waals surface area contributed by atoms with Crippen molar-refractivity contribution in [3.05, 3.63) is 23.2 Å². The third-order valence-corrected chi connectivity index (χ3v) is 3.10. The van der Waals surface area contributed by atoms with Crippen LogP contribution >= 0.6 is 0 Å². The maximum absolute atomic E-state index is 5.93. The summed E-state index contributed by atoms with van der Waals surface area (Å²) in [5.74, 6) is 0.785. The molecule has 18 heavy (non-hydrogen) atoms. The molecule has 0 aromatic carbocycles. The normalized spacial score (nSPS) is 22.2. The molecular formula is C13H22N4O. The standard InChI is InChI=1S/C13H22N4O/c1-3-17-12(10-4-6-15-7-5-10)13(14-2)18-11-8-16-9-11/h3-4,11,14-16H,5-9H2,1-2H3/b13-12+,17-3?. The zero-order chi connectivity index (χ0) is 12.8. The van der Waals surface area contributed by atoms with Crippen LogP contribution in [0.5, 0.6) is 0 Å². The van der Waals surface area contributed by atoms with Crippen LogP contribution in [0, 0.1) is 0 Å². The van der Waals surface area contributed by atoms with Crippen molar-refractivity contribution in [2.45, 2.75) is 19.4 Å². The topological polar surface area (TPSA) is 57.7 Å². The second kappa shape index (κ2) is 6.56. The van der Waals surface area contributed by atoms with Gasteiger partial charge in [0.1, 0.15) is 11.8 Å². The van der Waals surface area contributed by atoms with Gasteiger partial charge < -0.3 is 20.7 Å². The molecule has 2 aliphatic rings. The molecule has 0 aliphatic carbocycles. The molecule has 1 saturated heterocycles. The summed E-state index contributed by atoms with van der Waals surface area (Å²) in [5, 5.41) is 9.65. The predicted molar refractivity (Wildman–Crippen MR) is 73.6 cm³/mol. The van der Waals surface area contributed by atoms with Crippen LogP contribution in [-0.2, 0) is 4.74 Å². The van der Waals surface area contributed by atoms with Gasteiger partial charge in [0.2, 0.25) is 5.88 Å². The van der Waals surface area contributed by atoms with E-state index in [1.54, 1.807) is 0 Å². The van der Waals surface area contributed by atoms with Crippen molar-refractivity contribution in [3.8, 4) is 0 Å². The van der Waals surface area contributed by atoms with Crippen LogP contribution in [0.15, 0.2) is 28.2 Å². The molecule has 5 heteroatoms. The minimum Gasteiger partial charge on any atom is -0.472 e. The molecule has 2 aliphatic heterocycles. The minimum absolute atomic E-state index is 0.261. The Morgan fingerprint density at radius 2 is 2.33 bits per heavy atom. The van der Waals surface area contributed by atoms with E-state index in [9.17, 15) is 0 Å². The maximum Gasteiger partial charge on any atom is 0.213 e. The number of aliphatic imine (C=N–C) groups is 1. The molecule has 0 aromatic rings. The third-order valence-electron chi connectivity index (χ3n) is 3.10. The highest BCUT2D eigenvalue weighted by Gasteiger charge is 2.22. The molecular weight excluding hydrogens is 228 g/mol. The Morgan fingerprint density at radius 3 is 2.83 bits per heavy atom. The van der Waals surface area contributed by atoms with Crippen LogP contribution in [0.25, 0.3) is 0 Å². The molecule has 2 rings (SSSR count). The number of nitrogens with zero attached hydrogens (tertiary/aromatic N) is 1. The molecule has 5 nitrogen and oxygen atoms in total. The van der Waals surface area contributed by atoms with Crippen LogP contribution in [0.1, 0.15) is 13.3 Å².